The highest BCUT2D eigenvalue weighted by molar-refractivity contribution is 7.98. The van der Waals surface area contributed by atoms with Crippen molar-refractivity contribution in [2.75, 3.05) is 5.32 Å². The number of hydrogen-bond acceptors (Lipinski definition) is 7. The van der Waals surface area contributed by atoms with Gasteiger partial charge < -0.3 is 14.8 Å². The number of nitrogens with one attached hydrogen (secondary N) is 1. The van der Waals surface area contributed by atoms with E-state index in [1.165, 1.54) is 34.5 Å². The van der Waals surface area contributed by atoms with Gasteiger partial charge in [-0.15, -0.1) is 5.10 Å². The van der Waals surface area contributed by atoms with Crippen LogP contribution in [0.15, 0.2) is 77.1 Å². The molecule has 7 nitrogen and oxygen atoms in total. The topological polar surface area (TPSA) is 78.3 Å². The Bertz CT molecular complexity index is 1650. The molecule has 42 heavy (non-hydrogen) atoms. The predicted molar refractivity (Wildman–Crippen MR) is 163 cm³/mol. The SMILES string of the molecule is CC1=C(C(=O)OC(C)C)C(c2ccc(OCc3cc(C)c(C)cc3C)cc2)n2nc(SCc3ccccc3F)nc2N1. The van der Waals surface area contributed by atoms with Crippen LogP contribution >= 0.6 is 11.8 Å². The highest BCUT2D eigenvalue weighted by Crippen LogP contribution is 2.38. The third-order valence-corrected chi connectivity index (χ3v) is 8.14. The molecular formula is C33H35FN4O3S. The minimum absolute atomic E-state index is 0.267. The third-order valence-electron chi connectivity index (χ3n) is 7.25. The Labute approximate surface area is 250 Å². The average Bonchev–Trinajstić information content (AvgIpc) is 3.35. The van der Waals surface area contributed by atoms with Crippen LogP contribution in [0.4, 0.5) is 10.3 Å². The molecule has 0 saturated carbocycles. The van der Waals surface area contributed by atoms with Gasteiger partial charge in [-0.1, -0.05) is 54.2 Å². The van der Waals surface area contributed by atoms with Gasteiger partial charge in [-0.2, -0.15) is 4.98 Å². The van der Waals surface area contributed by atoms with Crippen LogP contribution in [0, 0.1) is 26.6 Å². The molecule has 4 aromatic rings. The summed E-state index contributed by atoms with van der Waals surface area (Å²) in [6, 6.07) is 18.1. The molecule has 2 heterocycles. The number of nitrogens with zero attached hydrogens (tertiary/aromatic N) is 3. The first-order valence-corrected chi connectivity index (χ1v) is 14.9. The summed E-state index contributed by atoms with van der Waals surface area (Å²) in [6.45, 7) is 12.2. The van der Waals surface area contributed by atoms with Crippen LogP contribution in [-0.2, 0) is 21.9 Å². The van der Waals surface area contributed by atoms with Crippen LogP contribution in [-0.4, -0.2) is 26.8 Å². The van der Waals surface area contributed by atoms with Gasteiger partial charge in [-0.05, 0) is 93.1 Å². The lowest BCUT2D eigenvalue weighted by Crippen LogP contribution is -2.30. The molecule has 9 heteroatoms. The van der Waals surface area contributed by atoms with Crippen LogP contribution in [0.2, 0.25) is 0 Å². The summed E-state index contributed by atoms with van der Waals surface area (Å²) < 4.78 is 27.6. The number of aryl methyl sites for hydroxylation is 3. The van der Waals surface area contributed by atoms with Gasteiger partial charge in [-0.25, -0.2) is 13.9 Å². The summed E-state index contributed by atoms with van der Waals surface area (Å²) in [5.74, 6) is 0.905. The number of fused-ring (bicyclic) bond motifs is 1. The molecule has 5 rings (SSSR count). The first-order chi connectivity index (χ1) is 20.1. The zero-order valence-electron chi connectivity index (χ0n) is 24.7. The standard InChI is InChI=1S/C33H35FN4O3S/c1-19(2)41-31(39)29-23(6)35-32-36-33(42-18-25-9-7-8-10-28(25)34)37-38(32)30(29)24-11-13-27(14-12-24)40-17-26-16-21(4)20(3)15-22(26)5/h7-16,19,30H,17-18H2,1-6H3,(H,35,36,37). The van der Waals surface area contributed by atoms with Crippen molar-refractivity contribution in [1.82, 2.24) is 14.8 Å². The average molecular weight is 587 g/mol. The zero-order chi connectivity index (χ0) is 30.0. The van der Waals surface area contributed by atoms with Crippen LogP contribution < -0.4 is 10.1 Å². The highest BCUT2D eigenvalue weighted by atomic mass is 32.2. The van der Waals surface area contributed by atoms with Gasteiger partial charge in [0.05, 0.1) is 11.7 Å². The first-order valence-electron chi connectivity index (χ1n) is 13.9. The summed E-state index contributed by atoms with van der Waals surface area (Å²) in [7, 11) is 0. The lowest BCUT2D eigenvalue weighted by atomic mass is 9.95. The Balaban J connectivity index is 1.42. The summed E-state index contributed by atoms with van der Waals surface area (Å²) in [5.41, 5.74) is 7.33. The normalized spacial score (nSPS) is 14.5. The minimum Gasteiger partial charge on any atom is -0.489 e. The van der Waals surface area contributed by atoms with E-state index in [0.717, 1.165) is 16.9 Å². The van der Waals surface area contributed by atoms with E-state index < -0.39 is 12.0 Å². The molecule has 0 bridgehead atoms. The number of thioether (sulfide) groups is 1. The van der Waals surface area contributed by atoms with Crippen LogP contribution in [0.3, 0.4) is 0 Å². The molecule has 0 saturated heterocycles. The second-order valence-corrected chi connectivity index (χ2v) is 11.7. The van der Waals surface area contributed by atoms with Gasteiger partial charge in [0.1, 0.15) is 24.2 Å². The van der Waals surface area contributed by atoms with E-state index in [4.69, 9.17) is 14.6 Å². The number of carbonyl (C=O) groups excluding carboxylic acids is 1. The lowest BCUT2D eigenvalue weighted by molar-refractivity contribution is -0.143. The van der Waals surface area contributed by atoms with Crippen molar-refractivity contribution in [1.29, 1.82) is 0 Å². The molecule has 3 aromatic carbocycles. The number of esters is 1. The number of carbonyl (C=O) groups is 1. The van der Waals surface area contributed by atoms with Crippen LogP contribution in [0.5, 0.6) is 5.75 Å². The van der Waals surface area contributed by atoms with Crippen LogP contribution in [0.25, 0.3) is 0 Å². The van der Waals surface area contributed by atoms with E-state index in [1.54, 1.807) is 22.9 Å². The fraction of sp³-hybridized carbons (Fsp3) is 0.303. The fourth-order valence-electron chi connectivity index (χ4n) is 4.88. The lowest BCUT2D eigenvalue weighted by Gasteiger charge is -2.28. The maximum atomic E-state index is 14.2. The van der Waals surface area contributed by atoms with E-state index in [1.807, 2.05) is 45.0 Å². The molecule has 1 N–H and O–H groups in total. The summed E-state index contributed by atoms with van der Waals surface area (Å²) >= 11 is 1.33. The molecule has 1 aliphatic heterocycles. The number of halogens is 1. The number of rotatable bonds is 9. The monoisotopic (exact) mass is 586 g/mol. The molecule has 0 fully saturated rings. The van der Waals surface area contributed by atoms with Crippen molar-refractivity contribution in [3.63, 3.8) is 0 Å². The molecule has 0 spiro atoms. The minimum atomic E-state index is -0.571. The Morgan fingerprint density at radius 2 is 1.71 bits per heavy atom. The van der Waals surface area contributed by atoms with E-state index in [2.05, 4.69) is 43.2 Å². The Morgan fingerprint density at radius 3 is 2.43 bits per heavy atom. The maximum Gasteiger partial charge on any atom is 0.338 e. The Morgan fingerprint density at radius 1 is 1.00 bits per heavy atom. The summed E-state index contributed by atoms with van der Waals surface area (Å²) in [5, 5.41) is 8.42. The van der Waals surface area contributed by atoms with Gasteiger partial charge in [0.2, 0.25) is 11.1 Å². The van der Waals surface area contributed by atoms with E-state index in [-0.39, 0.29) is 11.9 Å². The van der Waals surface area contributed by atoms with Crippen molar-refractivity contribution >= 4 is 23.7 Å². The molecule has 218 valence electrons. The molecule has 0 radical (unpaired) electrons. The first kappa shape index (κ1) is 29.4. The largest absolute Gasteiger partial charge is 0.489 e. The molecule has 1 aromatic heterocycles. The smallest absolute Gasteiger partial charge is 0.338 e. The number of benzene rings is 3. The third kappa shape index (κ3) is 6.36. The number of ether oxygens (including phenoxy) is 2. The number of anilines is 1. The van der Waals surface area contributed by atoms with E-state index >= 15 is 0 Å². The van der Waals surface area contributed by atoms with Gasteiger partial charge in [-0.3, -0.25) is 0 Å². The Hall–Kier alpha value is -4.11. The second-order valence-electron chi connectivity index (χ2n) is 10.8. The molecule has 1 unspecified atom stereocenters. The highest BCUT2D eigenvalue weighted by Gasteiger charge is 2.35. The van der Waals surface area contributed by atoms with Crippen molar-refractivity contribution < 1.29 is 18.7 Å². The number of allylic oxidation sites excluding steroid dienone is 1. The number of hydrogen-bond donors (Lipinski definition) is 1. The maximum absolute atomic E-state index is 14.2. The van der Waals surface area contributed by atoms with Crippen molar-refractivity contribution in [2.24, 2.45) is 0 Å². The van der Waals surface area contributed by atoms with Gasteiger partial charge in [0.15, 0.2) is 0 Å². The molecule has 1 aliphatic rings. The summed E-state index contributed by atoms with van der Waals surface area (Å²) in [6.07, 6.45) is -0.285. The molecular weight excluding hydrogens is 551 g/mol. The molecule has 1 atom stereocenters. The molecule has 0 amide bonds. The molecule has 0 aliphatic carbocycles. The second kappa shape index (κ2) is 12.4. The predicted octanol–water partition coefficient (Wildman–Crippen LogP) is 7.45. The number of aromatic nitrogens is 3. The van der Waals surface area contributed by atoms with Crippen molar-refractivity contribution in [3.8, 4) is 5.75 Å². The quantitative estimate of drug-likeness (QED) is 0.161. The van der Waals surface area contributed by atoms with E-state index in [9.17, 15) is 9.18 Å². The zero-order valence-corrected chi connectivity index (χ0v) is 25.5. The Kier molecular flexibility index (Phi) is 8.68. The fourth-order valence-corrected chi connectivity index (χ4v) is 5.70. The van der Waals surface area contributed by atoms with Gasteiger partial charge >= 0.3 is 5.97 Å². The summed E-state index contributed by atoms with van der Waals surface area (Å²) in [4.78, 5) is 18.0. The van der Waals surface area contributed by atoms with Crippen molar-refractivity contribution in [2.45, 2.75) is 71.2 Å². The van der Waals surface area contributed by atoms with Gasteiger partial charge in [0, 0.05) is 11.4 Å². The van der Waals surface area contributed by atoms with Crippen molar-refractivity contribution in [3.05, 3.63) is 111 Å². The van der Waals surface area contributed by atoms with E-state index in [0.29, 0.717) is 40.3 Å². The van der Waals surface area contributed by atoms with Gasteiger partial charge in [0.25, 0.3) is 0 Å². The van der Waals surface area contributed by atoms with Crippen LogP contribution in [0.1, 0.15) is 60.2 Å².